The molecule has 3 nitrogen and oxygen atoms in total. The average Bonchev–Trinajstić information content (AvgIpc) is 2.60. The van der Waals surface area contributed by atoms with Crippen LogP contribution in [0.25, 0.3) is 10.6 Å². The topological polar surface area (TPSA) is 56.0 Å². The van der Waals surface area contributed by atoms with Gasteiger partial charge in [0.05, 0.1) is 5.56 Å². The Morgan fingerprint density at radius 3 is 2.41 bits per heavy atom. The number of thiazole rings is 1. The molecule has 1 heterocycles. The number of carbonyl (C=O) groups is 1. The maximum Gasteiger partial charge on any atom is 0.181 e. The summed E-state index contributed by atoms with van der Waals surface area (Å²) >= 11 is 0.890. The molecule has 1 aromatic heterocycles. The summed E-state index contributed by atoms with van der Waals surface area (Å²) in [5.74, 6) is -1.79. The second kappa shape index (κ2) is 4.21. The number of aromatic nitrogens is 1. The summed E-state index contributed by atoms with van der Waals surface area (Å²) in [5.41, 5.74) is 5.37. The number of carbonyl (C=O) groups excluding carboxylic acids is 1. The Kier molecular flexibility index (Phi) is 2.89. The van der Waals surface area contributed by atoms with Gasteiger partial charge >= 0.3 is 0 Å². The van der Waals surface area contributed by atoms with Crippen LogP contribution in [0.15, 0.2) is 18.2 Å². The number of Topliss-reactive ketones (excluding diaryl/α,β-unsaturated/α-hetero) is 1. The first kappa shape index (κ1) is 11.7. The zero-order chi connectivity index (χ0) is 12.6. The maximum atomic E-state index is 13.5. The summed E-state index contributed by atoms with van der Waals surface area (Å²) in [7, 11) is 0. The van der Waals surface area contributed by atoms with Gasteiger partial charge in [0.25, 0.3) is 0 Å². The number of halogens is 2. The Morgan fingerprint density at radius 1 is 1.35 bits per heavy atom. The zero-order valence-corrected chi connectivity index (χ0v) is 9.65. The molecule has 0 atom stereocenters. The molecule has 0 fully saturated rings. The fraction of sp³-hybridized carbons (Fsp3) is 0.0909. The molecule has 0 spiro atoms. The van der Waals surface area contributed by atoms with Crippen molar-refractivity contribution >= 4 is 22.1 Å². The third-order valence-electron chi connectivity index (χ3n) is 2.16. The standard InChI is InChI=1S/C11H8F2N2OS/c1-5(16)9-10(14)17-11(15-9)8-6(12)3-2-4-7(8)13/h2-4H,14H2,1H3. The van der Waals surface area contributed by atoms with Crippen LogP contribution >= 0.6 is 11.3 Å². The number of hydrogen-bond acceptors (Lipinski definition) is 4. The highest BCUT2D eigenvalue weighted by Gasteiger charge is 2.18. The largest absolute Gasteiger partial charge is 0.389 e. The first-order chi connectivity index (χ1) is 8.00. The number of benzene rings is 1. The van der Waals surface area contributed by atoms with Crippen molar-refractivity contribution < 1.29 is 13.6 Å². The van der Waals surface area contributed by atoms with Gasteiger partial charge in [0, 0.05) is 6.92 Å². The maximum absolute atomic E-state index is 13.5. The quantitative estimate of drug-likeness (QED) is 0.838. The molecule has 0 aliphatic rings. The molecule has 2 aromatic rings. The molecular formula is C11H8F2N2OS. The molecule has 2 N–H and O–H groups in total. The van der Waals surface area contributed by atoms with Crippen LogP contribution in [0.4, 0.5) is 13.8 Å². The van der Waals surface area contributed by atoms with E-state index in [0.717, 1.165) is 23.5 Å². The van der Waals surface area contributed by atoms with Gasteiger partial charge in [-0.05, 0) is 12.1 Å². The first-order valence-corrected chi connectivity index (χ1v) is 5.54. The normalized spacial score (nSPS) is 10.5. The van der Waals surface area contributed by atoms with E-state index in [9.17, 15) is 13.6 Å². The van der Waals surface area contributed by atoms with Crippen LogP contribution in [0.2, 0.25) is 0 Å². The van der Waals surface area contributed by atoms with Gasteiger partial charge < -0.3 is 5.73 Å². The van der Waals surface area contributed by atoms with Gasteiger partial charge in [0.15, 0.2) is 5.78 Å². The van der Waals surface area contributed by atoms with E-state index < -0.39 is 11.6 Å². The van der Waals surface area contributed by atoms with E-state index in [1.807, 2.05) is 0 Å². The van der Waals surface area contributed by atoms with Gasteiger partial charge in [-0.1, -0.05) is 17.4 Å². The van der Waals surface area contributed by atoms with E-state index in [-0.39, 0.29) is 27.0 Å². The van der Waals surface area contributed by atoms with Gasteiger partial charge in [0.1, 0.15) is 27.3 Å². The number of rotatable bonds is 2. The number of nitrogens with zero attached hydrogens (tertiary/aromatic N) is 1. The van der Waals surface area contributed by atoms with Crippen molar-refractivity contribution in [2.24, 2.45) is 0 Å². The summed E-state index contributed by atoms with van der Waals surface area (Å²) in [4.78, 5) is 15.0. The predicted molar refractivity (Wildman–Crippen MR) is 61.9 cm³/mol. The minimum Gasteiger partial charge on any atom is -0.389 e. The lowest BCUT2D eigenvalue weighted by Gasteiger charge is -1.99. The SMILES string of the molecule is CC(=O)c1nc(-c2c(F)cccc2F)sc1N. The van der Waals surface area contributed by atoms with Crippen molar-refractivity contribution in [2.75, 3.05) is 5.73 Å². The van der Waals surface area contributed by atoms with Crippen molar-refractivity contribution in [3.05, 3.63) is 35.5 Å². The predicted octanol–water partition coefficient (Wildman–Crippen LogP) is 2.87. The smallest absolute Gasteiger partial charge is 0.181 e. The molecule has 6 heteroatoms. The van der Waals surface area contributed by atoms with Crippen LogP contribution in [0.1, 0.15) is 17.4 Å². The van der Waals surface area contributed by atoms with Gasteiger partial charge in [-0.2, -0.15) is 0 Å². The Balaban J connectivity index is 2.62. The van der Waals surface area contributed by atoms with E-state index >= 15 is 0 Å². The van der Waals surface area contributed by atoms with Gasteiger partial charge in [0.2, 0.25) is 0 Å². The molecule has 0 aliphatic carbocycles. The van der Waals surface area contributed by atoms with Crippen LogP contribution in [0.3, 0.4) is 0 Å². The third kappa shape index (κ3) is 2.03. The van der Waals surface area contributed by atoms with E-state index in [0.29, 0.717) is 0 Å². The van der Waals surface area contributed by atoms with Gasteiger partial charge in [-0.15, -0.1) is 0 Å². The Morgan fingerprint density at radius 2 is 1.94 bits per heavy atom. The van der Waals surface area contributed by atoms with Crippen LogP contribution in [-0.2, 0) is 0 Å². The fourth-order valence-electron chi connectivity index (χ4n) is 1.39. The van der Waals surface area contributed by atoms with Crippen molar-refractivity contribution in [3.8, 4) is 10.6 Å². The lowest BCUT2D eigenvalue weighted by atomic mass is 10.2. The second-order valence-corrected chi connectivity index (χ2v) is 4.42. The van der Waals surface area contributed by atoms with Gasteiger partial charge in [-0.3, -0.25) is 4.79 Å². The van der Waals surface area contributed by atoms with Crippen LogP contribution < -0.4 is 5.73 Å². The summed E-state index contributed by atoms with van der Waals surface area (Å²) in [6.45, 7) is 1.30. The highest BCUT2D eigenvalue weighted by molar-refractivity contribution is 7.19. The van der Waals surface area contributed by atoms with Crippen molar-refractivity contribution in [3.63, 3.8) is 0 Å². The first-order valence-electron chi connectivity index (χ1n) is 4.72. The minimum atomic E-state index is -0.728. The third-order valence-corrected chi connectivity index (χ3v) is 3.07. The molecule has 17 heavy (non-hydrogen) atoms. The minimum absolute atomic E-state index is 0.0488. The van der Waals surface area contributed by atoms with E-state index in [1.165, 1.54) is 13.0 Å². The fourth-order valence-corrected chi connectivity index (χ4v) is 2.32. The zero-order valence-electron chi connectivity index (χ0n) is 8.83. The van der Waals surface area contributed by atoms with Crippen molar-refractivity contribution in [1.82, 2.24) is 4.98 Å². The van der Waals surface area contributed by atoms with Crippen molar-refractivity contribution in [1.29, 1.82) is 0 Å². The molecule has 1 aromatic carbocycles. The molecule has 0 bridgehead atoms. The van der Waals surface area contributed by atoms with E-state index in [1.54, 1.807) is 0 Å². The summed E-state index contributed by atoms with van der Waals surface area (Å²) < 4.78 is 27.0. The highest BCUT2D eigenvalue weighted by atomic mass is 32.1. The molecule has 0 saturated carbocycles. The van der Waals surface area contributed by atoms with E-state index in [2.05, 4.69) is 4.98 Å². The Bertz CT molecular complexity index is 575. The lowest BCUT2D eigenvalue weighted by Crippen LogP contribution is -1.97. The summed E-state index contributed by atoms with van der Waals surface area (Å²) in [6, 6.07) is 3.52. The Hall–Kier alpha value is -1.82. The van der Waals surface area contributed by atoms with E-state index in [4.69, 9.17) is 5.73 Å². The number of ketones is 1. The molecule has 0 saturated heterocycles. The molecule has 0 unspecified atom stereocenters. The van der Waals surface area contributed by atoms with Crippen LogP contribution in [-0.4, -0.2) is 10.8 Å². The average molecular weight is 254 g/mol. The van der Waals surface area contributed by atoms with Crippen molar-refractivity contribution in [2.45, 2.75) is 6.92 Å². The van der Waals surface area contributed by atoms with Crippen LogP contribution in [0, 0.1) is 11.6 Å². The number of hydrogen-bond donors (Lipinski definition) is 1. The number of nitrogens with two attached hydrogens (primary N) is 1. The second-order valence-electron chi connectivity index (χ2n) is 3.38. The monoisotopic (exact) mass is 254 g/mol. The molecule has 0 radical (unpaired) electrons. The molecule has 0 aliphatic heterocycles. The Labute approximate surface area is 99.9 Å². The number of anilines is 1. The lowest BCUT2D eigenvalue weighted by molar-refractivity contribution is 0.101. The summed E-state index contributed by atoms with van der Waals surface area (Å²) in [5, 5.41) is 0.235. The molecule has 88 valence electrons. The highest BCUT2D eigenvalue weighted by Crippen LogP contribution is 2.33. The molecular weight excluding hydrogens is 246 g/mol. The number of nitrogen functional groups attached to an aromatic ring is 1. The van der Waals surface area contributed by atoms with Crippen LogP contribution in [0.5, 0.6) is 0 Å². The van der Waals surface area contributed by atoms with Gasteiger partial charge in [-0.25, -0.2) is 13.8 Å². The molecule has 0 amide bonds. The molecule has 2 rings (SSSR count). The summed E-state index contributed by atoms with van der Waals surface area (Å²) in [6.07, 6.45) is 0.